The molecule has 4 heterocycles. The molecule has 1 aliphatic heterocycles. The first-order valence-electron chi connectivity index (χ1n) is 13.6. The van der Waals surface area contributed by atoms with Gasteiger partial charge >= 0.3 is 0 Å². The van der Waals surface area contributed by atoms with Crippen LogP contribution >= 0.6 is 0 Å². The van der Waals surface area contributed by atoms with E-state index in [4.69, 9.17) is 4.74 Å². The Morgan fingerprint density at radius 3 is 2.83 bits per heavy atom. The minimum atomic E-state index is -0.850. The predicted octanol–water partition coefficient (Wildman–Crippen LogP) is 0.341. The number of benzene rings is 1. The van der Waals surface area contributed by atoms with Gasteiger partial charge in [0, 0.05) is 48.7 Å². The molecule has 1 aromatic carbocycles. The number of ether oxygens (including phenoxy) is 1. The fourth-order valence-electron chi connectivity index (χ4n) is 4.53. The van der Waals surface area contributed by atoms with Gasteiger partial charge in [-0.2, -0.15) is 5.10 Å². The van der Waals surface area contributed by atoms with E-state index in [-0.39, 0.29) is 50.4 Å². The molecule has 218 valence electrons. The third-order valence-corrected chi connectivity index (χ3v) is 6.69. The van der Waals surface area contributed by atoms with Crippen LogP contribution in [0.2, 0.25) is 0 Å². The Bertz CT molecular complexity index is 1550. The van der Waals surface area contributed by atoms with Crippen LogP contribution in [0.15, 0.2) is 61.4 Å². The van der Waals surface area contributed by atoms with Crippen LogP contribution in [0.5, 0.6) is 5.75 Å². The quantitative estimate of drug-likeness (QED) is 0.271. The van der Waals surface area contributed by atoms with Crippen LogP contribution < -0.4 is 20.7 Å². The first kappa shape index (κ1) is 28.3. The van der Waals surface area contributed by atoms with Crippen molar-refractivity contribution in [3.63, 3.8) is 0 Å². The van der Waals surface area contributed by atoms with Crippen molar-refractivity contribution in [3.8, 4) is 5.75 Å². The van der Waals surface area contributed by atoms with Gasteiger partial charge in [0.2, 0.25) is 11.8 Å². The fourth-order valence-corrected chi connectivity index (χ4v) is 4.53. The zero-order chi connectivity index (χ0) is 29.3. The predicted molar refractivity (Wildman–Crippen MR) is 150 cm³/mol. The number of imidazole rings is 1. The number of H-pyrrole nitrogens is 1. The summed E-state index contributed by atoms with van der Waals surface area (Å²) in [5.41, 5.74) is 1.93. The maximum Gasteiger partial charge on any atom is 0.254 e. The maximum absolute atomic E-state index is 13.4. The summed E-state index contributed by atoms with van der Waals surface area (Å²) in [5.74, 6) is -0.996. The zero-order valence-corrected chi connectivity index (χ0v) is 22.8. The van der Waals surface area contributed by atoms with Gasteiger partial charge in [-0.15, -0.1) is 0 Å². The topological polar surface area (TPSA) is 176 Å². The van der Waals surface area contributed by atoms with E-state index in [1.807, 2.05) is 0 Å². The molecule has 4 amide bonds. The first-order valence-corrected chi connectivity index (χ1v) is 13.6. The van der Waals surface area contributed by atoms with E-state index in [9.17, 15) is 19.2 Å². The number of amides is 4. The molecule has 4 N–H and O–H groups in total. The minimum absolute atomic E-state index is 0.150. The molecule has 0 saturated carbocycles. The number of hydrogen-bond acceptors (Lipinski definition) is 8. The van der Waals surface area contributed by atoms with Crippen molar-refractivity contribution in [2.45, 2.75) is 25.3 Å². The minimum Gasteiger partial charge on any atom is -0.492 e. The highest BCUT2D eigenvalue weighted by molar-refractivity contribution is 5.98. The van der Waals surface area contributed by atoms with Crippen molar-refractivity contribution < 1.29 is 23.9 Å². The Morgan fingerprint density at radius 2 is 1.98 bits per heavy atom. The molecule has 0 unspecified atom stereocenters. The lowest BCUT2D eigenvalue weighted by Gasteiger charge is -2.23. The highest BCUT2D eigenvalue weighted by atomic mass is 16.5. The van der Waals surface area contributed by atoms with E-state index >= 15 is 0 Å². The number of nitrogens with zero attached hydrogens (tertiary/aromatic N) is 5. The number of nitrogens with one attached hydrogen (secondary N) is 4. The number of pyridine rings is 1. The monoisotopic (exact) mass is 573 g/mol. The molecule has 0 aliphatic carbocycles. The molecule has 2 bridgehead atoms. The van der Waals surface area contributed by atoms with Gasteiger partial charge in [0.05, 0.1) is 19.4 Å². The van der Waals surface area contributed by atoms with E-state index in [1.165, 1.54) is 17.6 Å². The van der Waals surface area contributed by atoms with Crippen molar-refractivity contribution in [3.05, 3.63) is 78.3 Å². The third kappa shape index (κ3) is 7.27. The molecule has 1 atom stereocenters. The number of carbonyl (C=O) groups excluding carboxylic acids is 4. The van der Waals surface area contributed by atoms with Crippen LogP contribution in [0.4, 0.5) is 0 Å². The summed E-state index contributed by atoms with van der Waals surface area (Å²) in [6.45, 7) is 0.810. The van der Waals surface area contributed by atoms with Gasteiger partial charge in [0.1, 0.15) is 24.7 Å². The molecule has 0 saturated heterocycles. The molecule has 0 spiro atoms. The Balaban J connectivity index is 1.31. The van der Waals surface area contributed by atoms with Gasteiger partial charge in [0.15, 0.2) is 5.65 Å². The average Bonchev–Trinajstić information content (AvgIpc) is 3.69. The molecule has 14 nitrogen and oxygen atoms in total. The number of aromatic nitrogens is 5. The summed E-state index contributed by atoms with van der Waals surface area (Å²) in [6, 6.07) is 8.98. The summed E-state index contributed by atoms with van der Waals surface area (Å²) in [6.07, 6.45) is 7.44. The van der Waals surface area contributed by atoms with Gasteiger partial charge in [-0.05, 0) is 43.2 Å². The van der Waals surface area contributed by atoms with Gasteiger partial charge in [-0.1, -0.05) is 6.07 Å². The normalized spacial score (nSPS) is 17.7. The molecule has 4 aromatic rings. The smallest absolute Gasteiger partial charge is 0.254 e. The van der Waals surface area contributed by atoms with E-state index in [2.05, 4.69) is 36.0 Å². The molecule has 1 aliphatic rings. The summed E-state index contributed by atoms with van der Waals surface area (Å²) in [7, 11) is 0. The van der Waals surface area contributed by atoms with Crippen molar-refractivity contribution in [2.75, 3.05) is 32.8 Å². The lowest BCUT2D eigenvalue weighted by molar-refractivity contribution is -0.123. The third-order valence-electron chi connectivity index (χ3n) is 6.69. The number of hydrogen-bond donors (Lipinski definition) is 4. The maximum atomic E-state index is 13.4. The van der Waals surface area contributed by atoms with Gasteiger partial charge in [-0.3, -0.25) is 19.2 Å². The average molecular weight is 574 g/mol. The number of aromatic amines is 1. The Hall–Kier alpha value is -5.27. The number of fused-ring (bicyclic) bond motifs is 3. The number of rotatable bonds is 3. The van der Waals surface area contributed by atoms with Gasteiger partial charge in [-0.25, -0.2) is 14.5 Å². The SMILES string of the molecule is O=C1CN(C(=O)c2ccn3ncnc3c2)CCCCNC(=O)[C@H](Cc2cnc[nH]2)NC(=O)c2cccc(c2)OCCN1. The zero-order valence-electron chi connectivity index (χ0n) is 22.8. The van der Waals surface area contributed by atoms with Crippen molar-refractivity contribution >= 4 is 29.3 Å². The standard InChI is InChI=1S/C28H31N9O5/c38-25-16-36(28(41)20-6-10-37-24(13-20)33-18-34-37)9-2-1-7-31-27(40)23(14-21-15-29-17-32-21)35-26(39)19-4-3-5-22(12-19)42-11-8-30-25/h3-6,10,12-13,15,17-18,23H,1-2,7-9,11,14,16H2,(H,29,32)(H,30,38)(H,31,40)(H,35,39)/t23-/m0/s1. The highest BCUT2D eigenvalue weighted by Crippen LogP contribution is 2.14. The Morgan fingerprint density at radius 1 is 1.07 bits per heavy atom. The molecule has 0 radical (unpaired) electrons. The fraction of sp³-hybridized carbons (Fsp3) is 0.321. The summed E-state index contributed by atoms with van der Waals surface area (Å²) >= 11 is 0. The van der Waals surface area contributed by atoms with E-state index < -0.39 is 11.9 Å². The van der Waals surface area contributed by atoms with Crippen LogP contribution in [0.3, 0.4) is 0 Å². The Kier molecular flexibility index (Phi) is 9.01. The Labute approximate surface area is 240 Å². The second-order valence-corrected chi connectivity index (χ2v) is 9.74. The van der Waals surface area contributed by atoms with Crippen molar-refractivity contribution in [1.29, 1.82) is 0 Å². The van der Waals surface area contributed by atoms with E-state index in [0.717, 1.165) is 0 Å². The van der Waals surface area contributed by atoms with Crippen molar-refractivity contribution in [1.82, 2.24) is 45.4 Å². The second kappa shape index (κ2) is 13.4. The van der Waals surface area contributed by atoms with Crippen LogP contribution in [-0.2, 0) is 16.0 Å². The molecule has 0 fully saturated rings. The molecular weight excluding hydrogens is 542 g/mol. The lowest BCUT2D eigenvalue weighted by Crippen LogP contribution is -2.48. The molecule has 14 heteroatoms. The number of carbonyl (C=O) groups is 4. The lowest BCUT2D eigenvalue weighted by atomic mass is 10.1. The van der Waals surface area contributed by atoms with Crippen LogP contribution in [-0.4, -0.2) is 91.9 Å². The van der Waals surface area contributed by atoms with Crippen molar-refractivity contribution in [2.24, 2.45) is 0 Å². The van der Waals surface area contributed by atoms with Crippen LogP contribution in [0.25, 0.3) is 5.65 Å². The van der Waals surface area contributed by atoms with Crippen LogP contribution in [0.1, 0.15) is 39.3 Å². The van der Waals surface area contributed by atoms with E-state index in [0.29, 0.717) is 47.6 Å². The second-order valence-electron chi connectivity index (χ2n) is 9.74. The largest absolute Gasteiger partial charge is 0.492 e. The highest BCUT2D eigenvalue weighted by Gasteiger charge is 2.23. The molecule has 42 heavy (non-hydrogen) atoms. The van der Waals surface area contributed by atoms with E-state index in [1.54, 1.807) is 53.3 Å². The summed E-state index contributed by atoms with van der Waals surface area (Å²) < 4.78 is 7.28. The molecule has 3 aromatic heterocycles. The van der Waals surface area contributed by atoms with Gasteiger partial charge < -0.3 is 30.6 Å². The van der Waals surface area contributed by atoms with Crippen LogP contribution in [0, 0.1) is 0 Å². The van der Waals surface area contributed by atoms with Gasteiger partial charge in [0.25, 0.3) is 11.8 Å². The first-order chi connectivity index (χ1) is 20.5. The molecule has 5 rings (SSSR count). The summed E-state index contributed by atoms with van der Waals surface area (Å²) in [5, 5.41) is 12.5. The summed E-state index contributed by atoms with van der Waals surface area (Å²) in [4.78, 5) is 64.9. The molecular formula is C28H31N9O5.